The first-order valence-electron chi connectivity index (χ1n) is 25.4. The van der Waals surface area contributed by atoms with Crippen molar-refractivity contribution in [2.24, 2.45) is 5.16 Å². The van der Waals surface area contributed by atoms with Crippen molar-refractivity contribution in [1.29, 1.82) is 15.8 Å². The molecule has 11 rings (SSSR count). The van der Waals surface area contributed by atoms with Crippen LogP contribution in [0.4, 0.5) is 38.5 Å². The Hall–Kier alpha value is -8.95. The Morgan fingerprint density at radius 2 is 1.06 bits per heavy atom. The van der Waals surface area contributed by atoms with E-state index in [4.69, 9.17) is 47.0 Å². The van der Waals surface area contributed by atoms with Gasteiger partial charge in [0.25, 0.3) is 0 Å². The molecule has 0 radical (unpaired) electrons. The van der Waals surface area contributed by atoms with Crippen molar-refractivity contribution in [2.45, 2.75) is 20.8 Å². The van der Waals surface area contributed by atoms with Gasteiger partial charge >= 0.3 is 0 Å². The van der Waals surface area contributed by atoms with Crippen LogP contribution in [-0.4, -0.2) is 88.7 Å². The van der Waals surface area contributed by atoms with Gasteiger partial charge in [0.1, 0.15) is 68.8 Å². The number of nitrogens with two attached hydrogens (primary N) is 1. The van der Waals surface area contributed by atoms with Gasteiger partial charge in [-0.25, -0.2) is 43.7 Å². The van der Waals surface area contributed by atoms with Crippen LogP contribution in [0, 0.1) is 63.5 Å². The molecule has 9 heterocycles. The van der Waals surface area contributed by atoms with E-state index in [0.717, 1.165) is 26.5 Å². The standard InChI is InChI=1S/C20H12BrFN4O2S.C10H4ClFN2S.C9H7BrN2O2.C6H4BrFN2O.C6H2BrFN2.C6H3BrFNO.C3H6O2/c1-10(27)18-17(14-7-12(21)9-24-19(14)28-18)26(2)20-25-16(15(8-23)29-20)11-3-5-13(22)6-4-11;11-10-14-9(8(5-13)15-10)6-1-3-7(12)4-2-6;1-4(13)8-7(11)6-2-5(10)3-12-9(6)14-8;7-5-1-4(2-10-11)6(8)9-3-5;7-5-1-4(2-9)6(8)10-3-5;7-5-1-4(3-10)6(8)9-2-5;1-3(5)2-4/h3-7,9H,1-2H3;1-4H;2-3H,11H2,1H3;1-3,11H;1,3H;1-3H;4H,2H2,1H3/b;;;10-2+;;;. The number of oxime groups is 1. The van der Waals surface area contributed by atoms with E-state index in [1.165, 1.54) is 93.2 Å². The summed E-state index contributed by atoms with van der Waals surface area (Å²) >= 11 is 23.8. The predicted octanol–water partition coefficient (Wildman–Crippen LogP) is 16.6. The summed E-state index contributed by atoms with van der Waals surface area (Å²) in [6, 6.07) is 25.2. The Balaban J connectivity index is 0.000000212. The molecule has 11 aromatic rings. The Morgan fingerprint density at radius 3 is 1.52 bits per heavy atom. The van der Waals surface area contributed by atoms with E-state index >= 15 is 0 Å². The van der Waals surface area contributed by atoms with E-state index in [1.54, 1.807) is 60.7 Å². The highest BCUT2D eigenvalue weighted by Crippen LogP contribution is 2.41. The number of anilines is 3. The van der Waals surface area contributed by atoms with Crippen LogP contribution in [0.1, 0.15) is 73.1 Å². The SMILES string of the molecule is CC(=O)CO.CC(=O)c1oc2ncc(Br)cc2c1N.CC(=O)c1oc2ncc(Br)cc2c1N(C)c1nc(-c2ccc(F)cc2)c(C#N)s1.N#Cc1cc(Br)cnc1F.N#Cc1sc(Cl)nc1-c1ccc(F)cc1.O/N=C/c1cc(Br)cnc1F.O=Cc1cc(Br)cnc1F. The van der Waals surface area contributed by atoms with Crippen molar-refractivity contribution < 1.29 is 60.3 Å². The molecule has 0 amide bonds. The van der Waals surface area contributed by atoms with Crippen LogP contribution in [0.15, 0.2) is 146 Å². The number of aldehydes is 1. The van der Waals surface area contributed by atoms with Gasteiger partial charge in [0.2, 0.25) is 29.3 Å². The number of aliphatic hydroxyl groups excluding tert-OH is 1. The number of furan rings is 2. The zero-order valence-corrected chi connectivity index (χ0v) is 58.3. The first-order chi connectivity index (χ1) is 44.7. The summed E-state index contributed by atoms with van der Waals surface area (Å²) in [5.41, 5.74) is 9.66. The number of Topliss-reactive ketones (excluding diaryl/α,β-unsaturated/α-hetero) is 3. The Bertz CT molecular complexity index is 4720. The Labute approximate surface area is 583 Å². The molecule has 480 valence electrons. The zero-order valence-electron chi connectivity index (χ0n) is 48.0. The fraction of sp³-hybridized carbons (Fsp3) is 0.0833. The number of carbonyl (C=O) groups is 4. The van der Waals surface area contributed by atoms with E-state index in [0.29, 0.717) is 95.1 Å². The average molecular weight is 1660 g/mol. The van der Waals surface area contributed by atoms with E-state index in [1.807, 2.05) is 12.1 Å². The molecule has 34 heteroatoms. The molecule has 0 aliphatic heterocycles. The van der Waals surface area contributed by atoms with Gasteiger partial charge in [0, 0.05) is 85.4 Å². The summed E-state index contributed by atoms with van der Waals surface area (Å²) in [6.45, 7) is 3.82. The molecule has 9 aromatic heterocycles. The number of halogens is 11. The van der Waals surface area contributed by atoms with Gasteiger partial charge < -0.3 is 29.8 Å². The second-order valence-electron chi connectivity index (χ2n) is 17.8. The van der Waals surface area contributed by atoms with Crippen LogP contribution in [0.5, 0.6) is 0 Å². The van der Waals surface area contributed by atoms with E-state index in [2.05, 4.69) is 126 Å². The molecule has 21 nitrogen and oxygen atoms in total. The third kappa shape index (κ3) is 21.6. The number of nitrogen functional groups attached to an aromatic ring is 1. The lowest BCUT2D eigenvalue weighted by Gasteiger charge is -2.15. The third-order valence-corrected chi connectivity index (χ3v) is 15.4. The molecule has 0 aliphatic carbocycles. The Kier molecular flexibility index (Phi) is 29.4. The molecule has 0 unspecified atom stereocenters. The second-order valence-corrected chi connectivity index (χ2v) is 24.9. The van der Waals surface area contributed by atoms with Crippen LogP contribution in [0.3, 0.4) is 0 Å². The van der Waals surface area contributed by atoms with Crippen molar-refractivity contribution in [1.82, 2.24) is 34.9 Å². The molecule has 0 aliphatic rings. The second kappa shape index (κ2) is 36.5. The van der Waals surface area contributed by atoms with Gasteiger partial charge in [-0.1, -0.05) is 39.4 Å². The van der Waals surface area contributed by atoms with Crippen molar-refractivity contribution in [2.75, 3.05) is 24.3 Å². The number of ketones is 3. The maximum absolute atomic E-state index is 13.3. The van der Waals surface area contributed by atoms with Gasteiger partial charge in [-0.15, -0.1) is 0 Å². The minimum atomic E-state index is -0.738. The van der Waals surface area contributed by atoms with E-state index in [9.17, 15) is 46.4 Å². The fourth-order valence-electron chi connectivity index (χ4n) is 6.97. The number of nitrogens with zero attached hydrogens (tertiary/aromatic N) is 12. The topological polar surface area (TPSA) is 338 Å². The fourth-order valence-corrected chi connectivity index (χ4v) is 10.4. The number of aromatic nitrogens is 7. The monoisotopic (exact) mass is 1660 g/mol. The van der Waals surface area contributed by atoms with E-state index in [-0.39, 0.29) is 63.8 Å². The van der Waals surface area contributed by atoms with Crippen LogP contribution in [0.2, 0.25) is 4.47 Å². The minimum Gasteiger partial charge on any atom is -0.432 e. The van der Waals surface area contributed by atoms with Crippen molar-refractivity contribution >= 4 is 182 Å². The third-order valence-electron chi connectivity index (χ3n) is 11.1. The molecule has 0 saturated heterocycles. The average Bonchev–Trinajstić information content (AvgIpc) is 1.62. The number of nitriles is 3. The number of fused-ring (bicyclic) bond motifs is 2. The van der Waals surface area contributed by atoms with Crippen LogP contribution < -0.4 is 10.6 Å². The lowest BCUT2D eigenvalue weighted by atomic mass is 10.1. The quantitative estimate of drug-likeness (QED) is 0.0230. The highest BCUT2D eigenvalue weighted by molar-refractivity contribution is 9.11. The molecule has 0 saturated carbocycles. The highest BCUT2D eigenvalue weighted by atomic mass is 79.9. The largest absolute Gasteiger partial charge is 0.432 e. The summed E-state index contributed by atoms with van der Waals surface area (Å²) in [7, 11) is 1.74. The molecule has 94 heavy (non-hydrogen) atoms. The van der Waals surface area contributed by atoms with Crippen LogP contribution in [0.25, 0.3) is 44.7 Å². The number of thiazole rings is 2. The normalized spacial score (nSPS) is 10.1. The maximum atomic E-state index is 13.3. The van der Waals surface area contributed by atoms with Crippen LogP contribution >= 0.6 is 114 Å². The van der Waals surface area contributed by atoms with Gasteiger partial charge in [-0.2, -0.15) is 29.0 Å². The molecular formula is C60H38Br5ClF5N13O8S2. The molecule has 4 N–H and O–H groups in total. The van der Waals surface area contributed by atoms with Gasteiger partial charge in [-0.05, 0) is 165 Å². The van der Waals surface area contributed by atoms with Crippen molar-refractivity contribution in [3.05, 3.63) is 204 Å². The number of hydrogen-bond donors (Lipinski definition) is 3. The first kappa shape index (κ1) is 75.8. The first-order valence-corrected chi connectivity index (χ1v) is 31.4. The van der Waals surface area contributed by atoms with E-state index < -0.39 is 17.8 Å². The smallest absolute Gasteiger partial charge is 0.230 e. The molecule has 0 bridgehead atoms. The van der Waals surface area contributed by atoms with Crippen molar-refractivity contribution in [3.63, 3.8) is 0 Å². The molecule has 0 atom stereocenters. The number of hydrogen-bond acceptors (Lipinski definition) is 23. The van der Waals surface area contributed by atoms with Gasteiger partial charge in [0.15, 0.2) is 44.8 Å². The number of carbonyl (C=O) groups excluding carboxylic acids is 4. The zero-order chi connectivity index (χ0) is 69.5. The number of pyridine rings is 5. The summed E-state index contributed by atoms with van der Waals surface area (Å²) in [5, 5.41) is 47.0. The summed E-state index contributed by atoms with van der Waals surface area (Å²) in [5.74, 6) is -3.13. The summed E-state index contributed by atoms with van der Waals surface area (Å²) in [4.78, 5) is 72.3. The molecule has 2 aromatic carbocycles. The number of aliphatic hydroxyl groups is 1. The molecule has 0 spiro atoms. The highest BCUT2D eigenvalue weighted by Gasteiger charge is 2.26. The maximum Gasteiger partial charge on any atom is 0.230 e. The number of rotatable bonds is 9. The summed E-state index contributed by atoms with van der Waals surface area (Å²) in [6.07, 6.45) is 8.50. The predicted molar refractivity (Wildman–Crippen MR) is 358 cm³/mol. The lowest BCUT2D eigenvalue weighted by molar-refractivity contribution is -0.119. The van der Waals surface area contributed by atoms with Gasteiger partial charge in [-0.3, -0.25) is 19.2 Å². The molecular weight excluding hydrogens is 1620 g/mol. The van der Waals surface area contributed by atoms with Crippen LogP contribution in [-0.2, 0) is 4.79 Å². The van der Waals surface area contributed by atoms with Crippen molar-refractivity contribution in [3.8, 4) is 40.7 Å². The minimum absolute atomic E-state index is 0.0330. The number of benzene rings is 2. The lowest BCUT2D eigenvalue weighted by Crippen LogP contribution is -2.11. The van der Waals surface area contributed by atoms with Gasteiger partial charge in [0.05, 0.1) is 33.8 Å². The Morgan fingerprint density at radius 1 is 0.638 bits per heavy atom. The molecule has 0 fully saturated rings. The summed E-state index contributed by atoms with van der Waals surface area (Å²) < 4.78 is 77.9.